The first-order valence-corrected chi connectivity index (χ1v) is 8.92. The zero-order valence-electron chi connectivity index (χ0n) is 15.5. The fourth-order valence-corrected chi connectivity index (χ4v) is 3.32. The van der Waals surface area contributed by atoms with Crippen molar-refractivity contribution in [2.24, 2.45) is 5.92 Å². The van der Waals surface area contributed by atoms with E-state index in [9.17, 15) is 9.59 Å². The van der Waals surface area contributed by atoms with Gasteiger partial charge in [0.15, 0.2) is 5.69 Å². The van der Waals surface area contributed by atoms with E-state index >= 15 is 0 Å². The van der Waals surface area contributed by atoms with E-state index in [1.54, 1.807) is 17.7 Å². The molecule has 0 aromatic carbocycles. The number of nitrogens with one attached hydrogen (secondary N) is 1. The number of aromatic nitrogens is 3. The summed E-state index contributed by atoms with van der Waals surface area (Å²) in [4.78, 5) is 26.5. The lowest BCUT2D eigenvalue weighted by atomic mass is 9.98. The van der Waals surface area contributed by atoms with E-state index in [1.807, 2.05) is 24.8 Å². The van der Waals surface area contributed by atoms with Crippen molar-refractivity contribution in [3.8, 4) is 0 Å². The van der Waals surface area contributed by atoms with Crippen LogP contribution in [0, 0.1) is 26.7 Å². The number of amides is 2. The molecule has 1 aliphatic heterocycles. The number of carbonyl (C=O) groups is 2. The van der Waals surface area contributed by atoms with Gasteiger partial charge in [-0.3, -0.25) is 14.3 Å². The van der Waals surface area contributed by atoms with Gasteiger partial charge in [-0.2, -0.15) is 5.10 Å². The smallest absolute Gasteiger partial charge is 0.273 e. The number of hydrogen-bond donors (Lipinski definition) is 1. The first kappa shape index (κ1) is 18.2. The highest BCUT2D eigenvalue weighted by atomic mass is 16.5. The van der Waals surface area contributed by atoms with Crippen molar-refractivity contribution in [1.29, 1.82) is 0 Å². The van der Waals surface area contributed by atoms with Crippen LogP contribution in [-0.2, 0) is 11.3 Å². The van der Waals surface area contributed by atoms with E-state index in [1.165, 1.54) is 0 Å². The normalized spacial score (nSPS) is 17.3. The Morgan fingerprint density at radius 3 is 2.77 bits per heavy atom. The van der Waals surface area contributed by atoms with Crippen LogP contribution in [0.4, 0.5) is 0 Å². The van der Waals surface area contributed by atoms with Crippen molar-refractivity contribution >= 4 is 11.8 Å². The van der Waals surface area contributed by atoms with Crippen LogP contribution in [0.2, 0.25) is 0 Å². The molecule has 1 unspecified atom stereocenters. The molecular formula is C18H25N5O3. The van der Waals surface area contributed by atoms with Gasteiger partial charge in [0.25, 0.3) is 5.91 Å². The van der Waals surface area contributed by atoms with Crippen LogP contribution >= 0.6 is 0 Å². The highest BCUT2D eigenvalue weighted by Gasteiger charge is 2.25. The maximum Gasteiger partial charge on any atom is 0.273 e. The number of likely N-dealkylation sites (tertiary alicyclic amines) is 1. The van der Waals surface area contributed by atoms with Gasteiger partial charge in [-0.1, -0.05) is 5.16 Å². The zero-order chi connectivity index (χ0) is 18.7. The van der Waals surface area contributed by atoms with Crippen LogP contribution in [0.1, 0.15) is 40.5 Å². The largest absolute Gasteiger partial charge is 0.361 e. The minimum absolute atomic E-state index is 0.0688. The van der Waals surface area contributed by atoms with Crippen LogP contribution < -0.4 is 5.32 Å². The quantitative estimate of drug-likeness (QED) is 0.872. The molecular weight excluding hydrogens is 334 g/mol. The minimum atomic E-state index is -0.243. The second kappa shape index (κ2) is 7.72. The SMILES string of the molecule is Cc1cc(C)n(CC(=O)N2CCCC(CNC(=O)c3cc(C)on3)C2)n1. The summed E-state index contributed by atoms with van der Waals surface area (Å²) >= 11 is 0. The van der Waals surface area contributed by atoms with Gasteiger partial charge < -0.3 is 14.7 Å². The molecule has 3 heterocycles. The Morgan fingerprint density at radius 1 is 1.31 bits per heavy atom. The molecule has 1 fully saturated rings. The van der Waals surface area contributed by atoms with Crippen molar-refractivity contribution in [2.75, 3.05) is 19.6 Å². The van der Waals surface area contributed by atoms with Crippen molar-refractivity contribution in [2.45, 2.75) is 40.2 Å². The first-order valence-electron chi connectivity index (χ1n) is 8.92. The predicted molar refractivity (Wildman–Crippen MR) is 94.6 cm³/mol. The molecule has 2 aromatic heterocycles. The summed E-state index contributed by atoms with van der Waals surface area (Å²) in [5.41, 5.74) is 2.19. The van der Waals surface area contributed by atoms with E-state index in [2.05, 4.69) is 15.6 Å². The highest BCUT2D eigenvalue weighted by Crippen LogP contribution is 2.17. The number of rotatable bonds is 5. The number of hydrogen-bond acceptors (Lipinski definition) is 5. The molecule has 140 valence electrons. The topological polar surface area (TPSA) is 93.3 Å². The molecule has 8 nitrogen and oxygen atoms in total. The summed E-state index contributed by atoms with van der Waals surface area (Å²) in [5.74, 6) is 0.672. The molecule has 1 saturated heterocycles. The highest BCUT2D eigenvalue weighted by molar-refractivity contribution is 5.92. The Labute approximate surface area is 152 Å². The van der Waals surface area contributed by atoms with E-state index in [4.69, 9.17) is 4.52 Å². The summed E-state index contributed by atoms with van der Waals surface area (Å²) in [6, 6.07) is 3.58. The molecule has 1 atom stereocenters. The third kappa shape index (κ3) is 4.30. The fourth-order valence-electron chi connectivity index (χ4n) is 3.32. The van der Waals surface area contributed by atoms with Gasteiger partial charge in [0.2, 0.25) is 5.91 Å². The van der Waals surface area contributed by atoms with Gasteiger partial charge in [0, 0.05) is 31.4 Å². The van der Waals surface area contributed by atoms with Gasteiger partial charge in [-0.15, -0.1) is 0 Å². The maximum atomic E-state index is 12.6. The Kier molecular flexibility index (Phi) is 5.39. The van der Waals surface area contributed by atoms with E-state index in [0.29, 0.717) is 18.8 Å². The Balaban J connectivity index is 1.51. The molecule has 2 aromatic rings. The second-order valence-electron chi connectivity index (χ2n) is 6.97. The first-order chi connectivity index (χ1) is 12.4. The zero-order valence-corrected chi connectivity index (χ0v) is 15.5. The number of carbonyl (C=O) groups excluding carboxylic acids is 2. The monoisotopic (exact) mass is 359 g/mol. The lowest BCUT2D eigenvalue weighted by molar-refractivity contribution is -0.133. The molecule has 0 spiro atoms. The van der Waals surface area contributed by atoms with Gasteiger partial charge >= 0.3 is 0 Å². The van der Waals surface area contributed by atoms with Crippen LogP contribution in [0.15, 0.2) is 16.7 Å². The molecule has 0 aliphatic carbocycles. The second-order valence-corrected chi connectivity index (χ2v) is 6.97. The van der Waals surface area contributed by atoms with Gasteiger partial charge in [0.05, 0.1) is 5.69 Å². The minimum Gasteiger partial charge on any atom is -0.361 e. The lowest BCUT2D eigenvalue weighted by Gasteiger charge is -2.33. The molecule has 8 heteroatoms. The number of nitrogens with zero attached hydrogens (tertiary/aromatic N) is 4. The Morgan fingerprint density at radius 2 is 2.12 bits per heavy atom. The summed E-state index contributed by atoms with van der Waals surface area (Å²) in [7, 11) is 0. The van der Waals surface area contributed by atoms with Crippen LogP contribution in [0.25, 0.3) is 0 Å². The molecule has 0 radical (unpaired) electrons. The van der Waals surface area contributed by atoms with E-state index in [-0.39, 0.29) is 30.0 Å². The van der Waals surface area contributed by atoms with Gasteiger partial charge in [-0.05, 0) is 45.6 Å². The molecule has 2 amide bonds. The Bertz CT molecular complexity index is 795. The standard InChI is InChI=1S/C18H25N5O3/c1-12-7-13(2)23(20-12)11-17(24)22-6-4-5-15(10-22)9-19-18(25)16-8-14(3)26-21-16/h7-8,15H,4-6,9-11H2,1-3H3,(H,19,25). The van der Waals surface area contributed by atoms with Crippen LogP contribution in [0.3, 0.4) is 0 Å². The van der Waals surface area contributed by atoms with E-state index < -0.39 is 0 Å². The molecule has 1 aliphatic rings. The van der Waals surface area contributed by atoms with E-state index in [0.717, 1.165) is 30.8 Å². The Hall–Kier alpha value is -2.64. The van der Waals surface area contributed by atoms with Gasteiger partial charge in [-0.25, -0.2) is 0 Å². The number of piperidine rings is 1. The molecule has 0 saturated carbocycles. The average molecular weight is 359 g/mol. The summed E-state index contributed by atoms with van der Waals surface area (Å²) in [6.07, 6.45) is 1.92. The molecule has 26 heavy (non-hydrogen) atoms. The number of aryl methyl sites for hydroxylation is 3. The maximum absolute atomic E-state index is 12.6. The summed E-state index contributed by atoms with van der Waals surface area (Å²) < 4.78 is 6.67. The van der Waals surface area contributed by atoms with Crippen molar-refractivity contribution in [3.05, 3.63) is 35.0 Å². The molecule has 1 N–H and O–H groups in total. The fraction of sp³-hybridized carbons (Fsp3) is 0.556. The van der Waals surface area contributed by atoms with Crippen LogP contribution in [0.5, 0.6) is 0 Å². The van der Waals surface area contributed by atoms with Crippen molar-refractivity contribution in [1.82, 2.24) is 25.2 Å². The summed E-state index contributed by atoms with van der Waals surface area (Å²) in [5, 5.41) is 11.0. The third-order valence-corrected chi connectivity index (χ3v) is 4.67. The average Bonchev–Trinajstić information content (AvgIpc) is 3.18. The van der Waals surface area contributed by atoms with Crippen molar-refractivity contribution in [3.63, 3.8) is 0 Å². The predicted octanol–water partition coefficient (Wildman–Crippen LogP) is 1.46. The van der Waals surface area contributed by atoms with Crippen molar-refractivity contribution < 1.29 is 14.1 Å². The lowest BCUT2D eigenvalue weighted by Crippen LogP contribution is -2.45. The summed E-state index contributed by atoms with van der Waals surface area (Å²) in [6.45, 7) is 7.81. The third-order valence-electron chi connectivity index (χ3n) is 4.67. The molecule has 3 rings (SSSR count). The van der Waals surface area contributed by atoms with Crippen LogP contribution in [-0.4, -0.2) is 51.3 Å². The van der Waals surface area contributed by atoms with Gasteiger partial charge in [0.1, 0.15) is 12.3 Å². The molecule has 0 bridgehead atoms.